The maximum absolute atomic E-state index is 13.4. The number of carbonyl (C=O) groups is 1. The Balaban J connectivity index is 1.51. The first kappa shape index (κ1) is 16.7. The van der Waals surface area contributed by atoms with Crippen LogP contribution >= 0.6 is 0 Å². The largest absolute Gasteiger partial charge is 0.324 e. The molecule has 1 aliphatic rings. The third-order valence-electron chi connectivity index (χ3n) is 4.88. The van der Waals surface area contributed by atoms with E-state index in [4.69, 9.17) is 0 Å². The zero-order valence-corrected chi connectivity index (χ0v) is 14.4. The van der Waals surface area contributed by atoms with Gasteiger partial charge in [0.05, 0.1) is 0 Å². The van der Waals surface area contributed by atoms with Crippen molar-refractivity contribution in [1.29, 1.82) is 0 Å². The molecule has 2 atom stereocenters. The molecule has 0 spiro atoms. The lowest BCUT2D eigenvalue weighted by atomic mass is 9.96. The third-order valence-corrected chi connectivity index (χ3v) is 4.88. The molecular weight excluding hydrogens is 329 g/mol. The summed E-state index contributed by atoms with van der Waals surface area (Å²) in [4.78, 5) is 12.6. The fourth-order valence-corrected chi connectivity index (χ4v) is 3.44. The van der Waals surface area contributed by atoms with Crippen LogP contribution in [0.5, 0.6) is 0 Å². The maximum Gasteiger partial charge on any atom is 0.242 e. The Morgan fingerprint density at radius 3 is 2.77 bits per heavy atom. The number of nitrogens with one attached hydrogen (secondary N) is 3. The van der Waals surface area contributed by atoms with Gasteiger partial charge in [-0.3, -0.25) is 4.79 Å². The number of amides is 1. The Morgan fingerprint density at radius 1 is 1.08 bits per heavy atom. The van der Waals surface area contributed by atoms with E-state index in [2.05, 4.69) is 40.4 Å². The van der Waals surface area contributed by atoms with E-state index in [1.807, 2.05) is 25.1 Å². The number of carbonyl (C=O) groups excluding carboxylic acids is 1. The maximum atomic E-state index is 13.4. The van der Waals surface area contributed by atoms with E-state index in [1.54, 1.807) is 6.07 Å². The highest BCUT2D eigenvalue weighted by atomic mass is 19.1. The highest BCUT2D eigenvalue weighted by Crippen LogP contribution is 2.29. The fourth-order valence-electron chi connectivity index (χ4n) is 3.44. The summed E-state index contributed by atoms with van der Waals surface area (Å²) < 4.78 is 13.4. The molecule has 0 bridgehead atoms. The van der Waals surface area contributed by atoms with Gasteiger partial charge in [-0.1, -0.05) is 48.5 Å². The summed E-state index contributed by atoms with van der Waals surface area (Å²) in [5.41, 5.74) is 8.79. The summed E-state index contributed by atoms with van der Waals surface area (Å²) in [5.74, 6) is -0.536. The van der Waals surface area contributed by atoms with Crippen molar-refractivity contribution >= 4 is 22.4 Å². The molecule has 5 heteroatoms. The lowest BCUT2D eigenvalue weighted by Crippen LogP contribution is -2.39. The van der Waals surface area contributed by atoms with E-state index in [0.29, 0.717) is 12.1 Å². The SMILES string of the molecule is Cc1ccc(F)cc1NC(=O)C1CC(c2cccc3ccccc23)NN1. The summed E-state index contributed by atoms with van der Waals surface area (Å²) in [6.07, 6.45) is 0.619. The van der Waals surface area contributed by atoms with Gasteiger partial charge in [-0.2, -0.15) is 0 Å². The van der Waals surface area contributed by atoms with Gasteiger partial charge in [0, 0.05) is 11.7 Å². The van der Waals surface area contributed by atoms with Crippen LogP contribution in [0, 0.1) is 12.7 Å². The van der Waals surface area contributed by atoms with Crippen LogP contribution in [0.3, 0.4) is 0 Å². The lowest BCUT2D eigenvalue weighted by molar-refractivity contribution is -0.117. The first-order valence-corrected chi connectivity index (χ1v) is 8.67. The Kier molecular flexibility index (Phi) is 4.41. The molecule has 0 aliphatic carbocycles. The van der Waals surface area contributed by atoms with Crippen molar-refractivity contribution in [2.75, 3.05) is 5.32 Å². The molecule has 1 amide bonds. The number of hydrogen-bond donors (Lipinski definition) is 3. The second-order valence-corrected chi connectivity index (χ2v) is 6.65. The fraction of sp³-hybridized carbons (Fsp3) is 0.190. The van der Waals surface area contributed by atoms with Gasteiger partial charge in [0.2, 0.25) is 5.91 Å². The van der Waals surface area contributed by atoms with Crippen molar-refractivity contribution in [3.63, 3.8) is 0 Å². The van der Waals surface area contributed by atoms with Crippen LogP contribution in [0.15, 0.2) is 60.7 Å². The van der Waals surface area contributed by atoms with Crippen LogP contribution in [-0.4, -0.2) is 11.9 Å². The molecule has 4 nitrogen and oxygen atoms in total. The second kappa shape index (κ2) is 6.86. The summed E-state index contributed by atoms with van der Waals surface area (Å²) in [5, 5.41) is 5.17. The minimum atomic E-state index is -0.387. The summed E-state index contributed by atoms with van der Waals surface area (Å²) >= 11 is 0. The van der Waals surface area contributed by atoms with E-state index < -0.39 is 0 Å². The van der Waals surface area contributed by atoms with Crippen molar-refractivity contribution in [2.45, 2.75) is 25.4 Å². The molecule has 4 rings (SSSR count). The molecule has 3 aromatic carbocycles. The van der Waals surface area contributed by atoms with Gasteiger partial charge in [0.25, 0.3) is 0 Å². The van der Waals surface area contributed by atoms with Crippen molar-refractivity contribution in [3.8, 4) is 0 Å². The van der Waals surface area contributed by atoms with Crippen LogP contribution in [0.4, 0.5) is 10.1 Å². The van der Waals surface area contributed by atoms with Crippen LogP contribution in [-0.2, 0) is 4.79 Å². The van der Waals surface area contributed by atoms with E-state index in [0.717, 1.165) is 11.1 Å². The van der Waals surface area contributed by atoms with Gasteiger partial charge in [-0.15, -0.1) is 0 Å². The van der Waals surface area contributed by atoms with Crippen LogP contribution in [0.1, 0.15) is 23.6 Å². The summed E-state index contributed by atoms with van der Waals surface area (Å²) in [6, 6.07) is 18.4. The molecule has 26 heavy (non-hydrogen) atoms. The molecular formula is C21H20FN3O. The number of hydrogen-bond acceptors (Lipinski definition) is 3. The van der Waals surface area contributed by atoms with Gasteiger partial charge in [0.15, 0.2) is 0 Å². The minimum absolute atomic E-state index is 0.0328. The molecule has 1 fully saturated rings. The smallest absolute Gasteiger partial charge is 0.242 e. The first-order valence-electron chi connectivity index (χ1n) is 8.67. The zero-order chi connectivity index (χ0) is 18.1. The molecule has 1 saturated heterocycles. The van der Waals surface area contributed by atoms with Gasteiger partial charge in [-0.25, -0.2) is 15.2 Å². The van der Waals surface area contributed by atoms with Crippen molar-refractivity contribution in [2.24, 2.45) is 0 Å². The predicted octanol–water partition coefficient (Wildman–Crippen LogP) is 3.83. The second-order valence-electron chi connectivity index (χ2n) is 6.65. The van der Waals surface area contributed by atoms with Gasteiger partial charge in [-0.05, 0) is 47.4 Å². The quantitative estimate of drug-likeness (QED) is 0.673. The number of aryl methyl sites for hydroxylation is 1. The molecule has 1 aliphatic heterocycles. The number of halogens is 1. The Labute approximate surface area is 151 Å². The van der Waals surface area contributed by atoms with Crippen molar-refractivity contribution in [3.05, 3.63) is 77.6 Å². The van der Waals surface area contributed by atoms with E-state index >= 15 is 0 Å². The molecule has 1 heterocycles. The molecule has 0 aromatic heterocycles. The molecule has 2 unspecified atom stereocenters. The van der Waals surface area contributed by atoms with E-state index in [-0.39, 0.29) is 23.8 Å². The van der Waals surface area contributed by atoms with Crippen LogP contribution in [0.2, 0.25) is 0 Å². The topological polar surface area (TPSA) is 53.2 Å². The monoisotopic (exact) mass is 349 g/mol. The minimum Gasteiger partial charge on any atom is -0.324 e. The number of fused-ring (bicyclic) bond motifs is 1. The number of anilines is 1. The average Bonchev–Trinajstić information content (AvgIpc) is 3.14. The summed E-state index contributed by atoms with van der Waals surface area (Å²) in [7, 11) is 0. The van der Waals surface area contributed by atoms with Gasteiger partial charge in [0.1, 0.15) is 11.9 Å². The number of benzene rings is 3. The van der Waals surface area contributed by atoms with Crippen molar-refractivity contribution < 1.29 is 9.18 Å². The Bertz CT molecular complexity index is 967. The lowest BCUT2D eigenvalue weighted by Gasteiger charge is -2.14. The molecule has 3 N–H and O–H groups in total. The van der Waals surface area contributed by atoms with Gasteiger partial charge < -0.3 is 5.32 Å². The number of hydrazine groups is 1. The normalized spacial score (nSPS) is 19.6. The van der Waals surface area contributed by atoms with E-state index in [1.165, 1.54) is 22.9 Å². The predicted molar refractivity (Wildman–Crippen MR) is 101 cm³/mol. The van der Waals surface area contributed by atoms with Crippen LogP contribution < -0.4 is 16.2 Å². The third kappa shape index (κ3) is 3.19. The molecule has 0 saturated carbocycles. The van der Waals surface area contributed by atoms with Crippen LogP contribution in [0.25, 0.3) is 10.8 Å². The molecule has 132 valence electrons. The highest BCUT2D eigenvalue weighted by Gasteiger charge is 2.31. The molecule has 0 radical (unpaired) electrons. The zero-order valence-electron chi connectivity index (χ0n) is 14.4. The first-order chi connectivity index (χ1) is 12.6. The van der Waals surface area contributed by atoms with Gasteiger partial charge >= 0.3 is 0 Å². The number of rotatable bonds is 3. The highest BCUT2D eigenvalue weighted by molar-refractivity contribution is 5.96. The summed E-state index contributed by atoms with van der Waals surface area (Å²) in [6.45, 7) is 1.84. The van der Waals surface area contributed by atoms with Crippen molar-refractivity contribution in [1.82, 2.24) is 10.9 Å². The van der Waals surface area contributed by atoms with E-state index in [9.17, 15) is 9.18 Å². The Hall–Kier alpha value is -2.76. The Morgan fingerprint density at radius 2 is 1.88 bits per heavy atom. The molecule has 3 aromatic rings. The average molecular weight is 349 g/mol. The standard InChI is InChI=1S/C21H20FN3O/c1-13-9-10-15(22)11-18(13)23-21(26)20-12-19(24-25-20)17-8-4-6-14-5-2-3-7-16(14)17/h2-11,19-20,24-25H,12H2,1H3,(H,23,26).